The van der Waals surface area contributed by atoms with Crippen LogP contribution < -0.4 is 10.2 Å². The molecular formula is C32H26N6O3. The van der Waals surface area contributed by atoms with Gasteiger partial charge >= 0.3 is 5.97 Å². The van der Waals surface area contributed by atoms with Gasteiger partial charge in [-0.2, -0.15) is 5.10 Å². The molecule has 2 aliphatic heterocycles. The number of para-hydroxylation sites is 3. The largest absolute Gasteiger partial charge is 0.467 e. The second kappa shape index (κ2) is 9.95. The topological polar surface area (TPSA) is 97.2 Å². The number of anilines is 2. The summed E-state index contributed by atoms with van der Waals surface area (Å²) >= 11 is 0. The van der Waals surface area contributed by atoms with E-state index in [1.165, 1.54) is 0 Å². The molecule has 4 heterocycles. The third-order valence-electron chi connectivity index (χ3n) is 7.11. The van der Waals surface area contributed by atoms with Crippen LogP contribution in [0.25, 0.3) is 5.69 Å². The summed E-state index contributed by atoms with van der Waals surface area (Å²) in [5.41, 5.74) is 5.67. The second-order valence-electron chi connectivity index (χ2n) is 9.67. The van der Waals surface area contributed by atoms with E-state index in [9.17, 15) is 4.79 Å². The van der Waals surface area contributed by atoms with Crippen LogP contribution in [0, 0.1) is 6.92 Å². The molecule has 1 unspecified atom stereocenters. The molecule has 3 aromatic carbocycles. The van der Waals surface area contributed by atoms with E-state index in [0.29, 0.717) is 29.7 Å². The zero-order valence-corrected chi connectivity index (χ0v) is 22.5. The lowest BCUT2D eigenvalue weighted by Gasteiger charge is -2.39. The molecule has 0 saturated heterocycles. The highest BCUT2D eigenvalue weighted by Gasteiger charge is 2.42. The van der Waals surface area contributed by atoms with Gasteiger partial charge in [0.15, 0.2) is 17.5 Å². The molecule has 41 heavy (non-hydrogen) atoms. The standard InChI is InChI=1S/C32H26N6O3/c1-3-40-32(39)21-15-17-22(18-16-21)33-29-31-35-30-27(20(2)36-38(30)23-10-5-4-6-11-23)28(26-14-9-19-41-26)37(31)25-13-8-7-12-24(25)34-29/h4-19,28H,3H2,1-2H3,(H,33,34). The molecule has 0 spiro atoms. The van der Waals surface area contributed by atoms with Gasteiger partial charge in [0.1, 0.15) is 11.8 Å². The molecule has 9 heteroatoms. The van der Waals surface area contributed by atoms with Gasteiger partial charge in [0, 0.05) is 5.69 Å². The molecule has 2 aromatic heterocycles. The van der Waals surface area contributed by atoms with Gasteiger partial charge in [-0.15, -0.1) is 0 Å². The Morgan fingerprint density at radius 3 is 2.49 bits per heavy atom. The maximum Gasteiger partial charge on any atom is 0.338 e. The van der Waals surface area contributed by atoms with Gasteiger partial charge in [-0.3, -0.25) is 0 Å². The molecule has 0 amide bonds. The van der Waals surface area contributed by atoms with Crippen molar-refractivity contribution in [3.63, 3.8) is 0 Å². The molecule has 0 bridgehead atoms. The number of carbonyl (C=O) groups excluding carboxylic acids is 1. The summed E-state index contributed by atoms with van der Waals surface area (Å²) in [5.74, 6) is 2.32. The van der Waals surface area contributed by atoms with Gasteiger partial charge in [-0.1, -0.05) is 30.3 Å². The smallest absolute Gasteiger partial charge is 0.338 e. The van der Waals surface area contributed by atoms with Crippen LogP contribution >= 0.6 is 0 Å². The maximum absolute atomic E-state index is 12.2. The quantitative estimate of drug-likeness (QED) is 0.247. The third-order valence-corrected chi connectivity index (χ3v) is 7.11. The minimum absolute atomic E-state index is 0.322. The van der Waals surface area contributed by atoms with Crippen LogP contribution in [0.2, 0.25) is 0 Å². The first-order valence-corrected chi connectivity index (χ1v) is 13.4. The molecule has 0 radical (unpaired) electrons. The van der Waals surface area contributed by atoms with Crippen molar-refractivity contribution in [1.82, 2.24) is 9.78 Å². The van der Waals surface area contributed by atoms with Gasteiger partial charge in [0.2, 0.25) is 0 Å². The van der Waals surface area contributed by atoms with Gasteiger partial charge in [0.25, 0.3) is 0 Å². The van der Waals surface area contributed by atoms with Gasteiger partial charge < -0.3 is 19.4 Å². The molecule has 202 valence electrons. The number of benzene rings is 3. The van der Waals surface area contributed by atoms with Crippen molar-refractivity contribution in [2.24, 2.45) is 9.98 Å². The van der Waals surface area contributed by atoms with Crippen molar-refractivity contribution in [3.8, 4) is 5.69 Å². The highest BCUT2D eigenvalue weighted by molar-refractivity contribution is 6.51. The van der Waals surface area contributed by atoms with Gasteiger partial charge in [-0.05, 0) is 74.5 Å². The first kappa shape index (κ1) is 24.6. The van der Waals surface area contributed by atoms with E-state index < -0.39 is 0 Å². The number of carbonyl (C=O) groups is 1. The Kier molecular flexibility index (Phi) is 5.96. The lowest BCUT2D eigenvalue weighted by atomic mass is 9.98. The third kappa shape index (κ3) is 4.19. The molecule has 1 atom stereocenters. The summed E-state index contributed by atoms with van der Waals surface area (Å²) in [7, 11) is 0. The van der Waals surface area contributed by atoms with Crippen molar-refractivity contribution in [3.05, 3.63) is 120 Å². The van der Waals surface area contributed by atoms with Gasteiger partial charge in [-0.25, -0.2) is 19.5 Å². The van der Waals surface area contributed by atoms with Crippen LogP contribution in [0.1, 0.15) is 40.3 Å². The summed E-state index contributed by atoms with van der Waals surface area (Å²) in [5, 5.41) is 8.37. The number of hydrogen-bond donors (Lipinski definition) is 1. The number of aryl methyl sites for hydroxylation is 1. The average Bonchev–Trinajstić information content (AvgIpc) is 3.66. The predicted octanol–water partition coefficient (Wildman–Crippen LogP) is 6.75. The Balaban J connectivity index is 1.40. The molecule has 5 aromatic rings. The normalized spacial score (nSPS) is 15.3. The SMILES string of the molecule is CCOC(=O)c1ccc(NC2=Nc3ccccc3N3C2=Nc2c(c(C)nn2-c2ccccc2)C3c2ccco2)cc1. The fourth-order valence-corrected chi connectivity index (χ4v) is 5.30. The summed E-state index contributed by atoms with van der Waals surface area (Å²) in [6.07, 6.45) is 1.69. The number of aliphatic imine (C=N–C) groups is 2. The zero-order valence-electron chi connectivity index (χ0n) is 22.5. The highest BCUT2D eigenvalue weighted by Crippen LogP contribution is 2.48. The van der Waals surface area contributed by atoms with Crippen LogP contribution in [0.4, 0.5) is 22.9 Å². The number of hydrogen-bond acceptors (Lipinski definition) is 8. The van der Waals surface area contributed by atoms with Crippen LogP contribution in [0.5, 0.6) is 0 Å². The van der Waals surface area contributed by atoms with Crippen LogP contribution in [0.15, 0.2) is 112 Å². The van der Waals surface area contributed by atoms with Crippen molar-refractivity contribution >= 4 is 40.5 Å². The molecule has 1 N–H and O–H groups in total. The second-order valence-corrected chi connectivity index (χ2v) is 9.67. The minimum Gasteiger partial charge on any atom is -0.467 e. The summed E-state index contributed by atoms with van der Waals surface area (Å²) in [4.78, 5) is 24.5. The van der Waals surface area contributed by atoms with E-state index in [0.717, 1.165) is 39.8 Å². The fourth-order valence-electron chi connectivity index (χ4n) is 5.30. The Morgan fingerprint density at radius 1 is 0.951 bits per heavy atom. The maximum atomic E-state index is 12.2. The zero-order chi connectivity index (χ0) is 27.9. The van der Waals surface area contributed by atoms with Crippen molar-refractivity contribution in [1.29, 1.82) is 0 Å². The minimum atomic E-state index is -0.357. The first-order chi connectivity index (χ1) is 20.1. The summed E-state index contributed by atoms with van der Waals surface area (Å²) in [6.45, 7) is 4.11. The lowest BCUT2D eigenvalue weighted by Crippen LogP contribution is -2.46. The Morgan fingerprint density at radius 2 is 1.73 bits per heavy atom. The molecule has 2 aliphatic rings. The van der Waals surface area contributed by atoms with Crippen LogP contribution in [-0.4, -0.2) is 34.0 Å². The fraction of sp³-hybridized carbons (Fsp3) is 0.125. The number of nitrogens with zero attached hydrogens (tertiary/aromatic N) is 5. The van der Waals surface area contributed by atoms with Crippen molar-refractivity contribution < 1.29 is 13.9 Å². The summed E-state index contributed by atoms with van der Waals surface area (Å²) < 4.78 is 13.0. The Labute approximate surface area is 236 Å². The molecule has 0 saturated carbocycles. The van der Waals surface area contributed by atoms with Crippen molar-refractivity contribution in [2.45, 2.75) is 19.9 Å². The Hall–Kier alpha value is -5.44. The molecule has 7 rings (SSSR count). The van der Waals surface area contributed by atoms with E-state index in [1.54, 1.807) is 25.3 Å². The number of aromatic nitrogens is 2. The van der Waals surface area contributed by atoms with Crippen LogP contribution in [0.3, 0.4) is 0 Å². The van der Waals surface area contributed by atoms with E-state index in [4.69, 9.17) is 24.2 Å². The number of furan rings is 1. The van der Waals surface area contributed by atoms with E-state index in [2.05, 4.69) is 10.2 Å². The number of ether oxygens (including phenoxy) is 1. The monoisotopic (exact) mass is 542 g/mol. The number of amidine groups is 2. The molecule has 9 nitrogen and oxygen atoms in total. The van der Waals surface area contributed by atoms with Crippen molar-refractivity contribution in [2.75, 3.05) is 16.8 Å². The molecule has 0 fully saturated rings. The number of rotatable bonds is 5. The average molecular weight is 543 g/mol. The summed E-state index contributed by atoms with van der Waals surface area (Å²) in [6, 6.07) is 28.6. The first-order valence-electron chi connectivity index (χ1n) is 13.4. The number of nitrogens with one attached hydrogen (secondary N) is 1. The predicted molar refractivity (Wildman–Crippen MR) is 158 cm³/mol. The van der Waals surface area contributed by atoms with E-state index in [-0.39, 0.29) is 12.0 Å². The van der Waals surface area contributed by atoms with E-state index in [1.807, 2.05) is 90.5 Å². The number of esters is 1. The van der Waals surface area contributed by atoms with Crippen LogP contribution in [-0.2, 0) is 4.74 Å². The van der Waals surface area contributed by atoms with E-state index >= 15 is 0 Å². The molecule has 0 aliphatic carbocycles. The lowest BCUT2D eigenvalue weighted by molar-refractivity contribution is 0.0526. The highest BCUT2D eigenvalue weighted by atomic mass is 16.5. The number of fused-ring (bicyclic) bond motifs is 4. The molecular weight excluding hydrogens is 516 g/mol. The Bertz CT molecular complexity index is 1800. The van der Waals surface area contributed by atoms with Gasteiger partial charge in [0.05, 0.1) is 46.8 Å².